The van der Waals surface area contributed by atoms with E-state index in [4.69, 9.17) is 5.32 Å². The Balaban J connectivity index is 1.40. The maximum atomic E-state index is 5.24. The van der Waals surface area contributed by atoms with Gasteiger partial charge in [0.15, 0.2) is 0 Å². The van der Waals surface area contributed by atoms with Crippen molar-refractivity contribution in [1.82, 2.24) is 5.32 Å². The summed E-state index contributed by atoms with van der Waals surface area (Å²) in [7, 11) is 0. The Hall–Kier alpha value is -0.0400. The van der Waals surface area contributed by atoms with Gasteiger partial charge in [-0.05, 0) is 62.2 Å². The maximum absolute atomic E-state index is 5.24. The molecule has 0 spiro atoms. The van der Waals surface area contributed by atoms with Gasteiger partial charge in [-0.1, -0.05) is 12.8 Å². The molecule has 4 aliphatic carbocycles. The fourth-order valence-corrected chi connectivity index (χ4v) is 5.03. The lowest BCUT2D eigenvalue weighted by molar-refractivity contribution is 0.259. The van der Waals surface area contributed by atoms with Gasteiger partial charge in [0.1, 0.15) is 0 Å². The predicted octanol–water partition coefficient (Wildman–Crippen LogP) is 2.97. The highest BCUT2D eigenvalue weighted by Crippen LogP contribution is 2.49. The number of hydrogen-bond acceptors (Lipinski definition) is 0. The van der Waals surface area contributed by atoms with Crippen LogP contribution < -0.4 is 5.32 Å². The van der Waals surface area contributed by atoms with E-state index in [0.29, 0.717) is 0 Å². The van der Waals surface area contributed by atoms with Crippen molar-refractivity contribution in [1.29, 1.82) is 0 Å². The molecule has 0 aromatic rings. The van der Waals surface area contributed by atoms with Crippen molar-refractivity contribution in [2.24, 2.45) is 23.7 Å². The Labute approximate surface area is 93.0 Å². The molecule has 0 saturated heterocycles. The molecule has 0 aliphatic heterocycles. The zero-order valence-corrected chi connectivity index (χ0v) is 9.57. The third kappa shape index (κ3) is 1.39. The average molecular weight is 204 g/mol. The first-order valence-electron chi connectivity index (χ1n) is 7.08. The second-order valence-corrected chi connectivity index (χ2v) is 6.63. The van der Waals surface area contributed by atoms with E-state index in [9.17, 15) is 0 Å². The van der Waals surface area contributed by atoms with Gasteiger partial charge < -0.3 is 0 Å². The van der Waals surface area contributed by atoms with Crippen molar-refractivity contribution in [3.63, 3.8) is 0 Å². The standard InChI is InChI=1S/C14H22N/c1-3-11-5-9(1)7-13(11)15-14-8-10-2-4-12(14)6-10/h9-14H,1-8H2. The van der Waals surface area contributed by atoms with Crippen molar-refractivity contribution < 1.29 is 0 Å². The third-order valence-corrected chi connectivity index (χ3v) is 5.78. The molecule has 15 heavy (non-hydrogen) atoms. The number of fused-ring (bicyclic) bond motifs is 4. The minimum atomic E-state index is 0.799. The second-order valence-electron chi connectivity index (χ2n) is 6.63. The molecule has 1 nitrogen and oxygen atoms in total. The predicted molar refractivity (Wildman–Crippen MR) is 60.6 cm³/mol. The first kappa shape index (κ1) is 9.04. The summed E-state index contributed by atoms with van der Waals surface area (Å²) in [6.07, 6.45) is 12.0. The van der Waals surface area contributed by atoms with Gasteiger partial charge in [0.05, 0.1) is 0 Å². The lowest BCUT2D eigenvalue weighted by Crippen LogP contribution is -2.38. The molecule has 4 bridgehead atoms. The molecule has 4 fully saturated rings. The second kappa shape index (κ2) is 3.23. The van der Waals surface area contributed by atoms with E-state index in [1.807, 2.05) is 0 Å². The summed E-state index contributed by atoms with van der Waals surface area (Å²) in [5, 5.41) is 5.24. The summed E-state index contributed by atoms with van der Waals surface area (Å²) in [6, 6.07) is 1.60. The van der Waals surface area contributed by atoms with Crippen molar-refractivity contribution >= 4 is 0 Å². The highest BCUT2D eigenvalue weighted by molar-refractivity contribution is 5.00. The largest absolute Gasteiger partial charge is 0.235 e. The summed E-state index contributed by atoms with van der Waals surface area (Å²) in [6.45, 7) is 0. The molecule has 0 heterocycles. The fraction of sp³-hybridized carbons (Fsp3) is 1.00. The van der Waals surface area contributed by atoms with Gasteiger partial charge in [0.2, 0.25) is 0 Å². The molecule has 1 heteroatoms. The van der Waals surface area contributed by atoms with Gasteiger partial charge in [-0.3, -0.25) is 0 Å². The first-order chi connectivity index (χ1) is 7.38. The van der Waals surface area contributed by atoms with E-state index >= 15 is 0 Å². The zero-order valence-electron chi connectivity index (χ0n) is 9.57. The van der Waals surface area contributed by atoms with Crippen LogP contribution in [0.25, 0.3) is 0 Å². The molecule has 4 saturated carbocycles. The number of nitrogens with zero attached hydrogens (tertiary/aromatic N) is 1. The molecule has 0 amide bonds. The van der Waals surface area contributed by atoms with Crippen LogP contribution in [0.4, 0.5) is 0 Å². The minimum absolute atomic E-state index is 0.799. The van der Waals surface area contributed by atoms with E-state index < -0.39 is 0 Å². The third-order valence-electron chi connectivity index (χ3n) is 5.78. The molecule has 0 N–H and O–H groups in total. The van der Waals surface area contributed by atoms with Crippen LogP contribution in [0.1, 0.15) is 51.4 Å². The fourth-order valence-electron chi connectivity index (χ4n) is 5.03. The lowest BCUT2D eigenvalue weighted by atomic mass is 9.90. The van der Waals surface area contributed by atoms with Crippen LogP contribution >= 0.6 is 0 Å². The highest BCUT2D eigenvalue weighted by atomic mass is 15.0. The molecule has 1 radical (unpaired) electrons. The van der Waals surface area contributed by atoms with E-state index in [1.165, 1.54) is 51.4 Å². The summed E-state index contributed by atoms with van der Waals surface area (Å²) < 4.78 is 0. The van der Waals surface area contributed by atoms with Gasteiger partial charge >= 0.3 is 0 Å². The van der Waals surface area contributed by atoms with Crippen molar-refractivity contribution in [2.75, 3.05) is 0 Å². The Morgan fingerprint density at radius 1 is 0.600 bits per heavy atom. The Kier molecular flexibility index (Phi) is 1.94. The van der Waals surface area contributed by atoms with Crippen LogP contribution in [-0.4, -0.2) is 12.1 Å². The molecular weight excluding hydrogens is 182 g/mol. The summed E-state index contributed by atoms with van der Waals surface area (Å²) in [5.41, 5.74) is 0. The summed E-state index contributed by atoms with van der Waals surface area (Å²) in [4.78, 5) is 0. The van der Waals surface area contributed by atoms with Gasteiger partial charge in [-0.2, -0.15) is 0 Å². The van der Waals surface area contributed by atoms with Crippen LogP contribution in [0, 0.1) is 23.7 Å². The van der Waals surface area contributed by atoms with Crippen molar-refractivity contribution in [3.05, 3.63) is 0 Å². The molecule has 6 unspecified atom stereocenters. The van der Waals surface area contributed by atoms with E-state index in [2.05, 4.69) is 0 Å². The normalized spacial score (nSPS) is 56.8. The number of hydrogen-bond donors (Lipinski definition) is 0. The molecule has 0 aromatic heterocycles. The first-order valence-corrected chi connectivity index (χ1v) is 7.08. The van der Waals surface area contributed by atoms with Crippen LogP contribution in [0.3, 0.4) is 0 Å². The van der Waals surface area contributed by atoms with Gasteiger partial charge in [-0.15, -0.1) is 0 Å². The van der Waals surface area contributed by atoms with Crippen molar-refractivity contribution in [3.8, 4) is 0 Å². The molecule has 4 aliphatic rings. The molecule has 83 valence electrons. The topological polar surface area (TPSA) is 14.1 Å². The monoisotopic (exact) mass is 204 g/mol. The lowest BCUT2D eigenvalue weighted by Gasteiger charge is -2.29. The molecule has 0 aromatic carbocycles. The minimum Gasteiger partial charge on any atom is -0.235 e. The van der Waals surface area contributed by atoms with Gasteiger partial charge in [0.25, 0.3) is 0 Å². The molecule has 4 rings (SSSR count). The van der Waals surface area contributed by atoms with Crippen LogP contribution in [-0.2, 0) is 0 Å². The van der Waals surface area contributed by atoms with Gasteiger partial charge in [-0.25, -0.2) is 5.32 Å². The highest BCUT2D eigenvalue weighted by Gasteiger charge is 2.45. The van der Waals surface area contributed by atoms with E-state index in [1.54, 1.807) is 0 Å². The van der Waals surface area contributed by atoms with E-state index in [-0.39, 0.29) is 0 Å². The zero-order chi connectivity index (χ0) is 9.83. The Bertz CT molecular complexity index is 236. The number of rotatable bonds is 2. The smallest absolute Gasteiger partial charge is 0.0280 e. The Morgan fingerprint density at radius 3 is 1.47 bits per heavy atom. The Morgan fingerprint density at radius 2 is 1.13 bits per heavy atom. The van der Waals surface area contributed by atoms with Crippen LogP contribution in [0.5, 0.6) is 0 Å². The average Bonchev–Trinajstić information content (AvgIpc) is 2.96. The summed E-state index contributed by atoms with van der Waals surface area (Å²) >= 11 is 0. The van der Waals surface area contributed by atoms with Crippen LogP contribution in [0.15, 0.2) is 0 Å². The van der Waals surface area contributed by atoms with Gasteiger partial charge in [0, 0.05) is 12.1 Å². The quantitative estimate of drug-likeness (QED) is 0.656. The molecule has 6 atom stereocenters. The van der Waals surface area contributed by atoms with Crippen LogP contribution in [0.2, 0.25) is 0 Å². The summed E-state index contributed by atoms with van der Waals surface area (Å²) in [5.74, 6) is 4.16. The maximum Gasteiger partial charge on any atom is 0.0280 e. The SMILES string of the molecule is C1CC2CC1CC2[N]C1CC2CCC1C2. The molecular formula is C14H22N. The van der Waals surface area contributed by atoms with E-state index in [0.717, 1.165) is 35.8 Å². The van der Waals surface area contributed by atoms with Crippen molar-refractivity contribution in [2.45, 2.75) is 63.5 Å².